The first kappa shape index (κ1) is 18.6. The average Bonchev–Trinajstić information content (AvgIpc) is 2.63. The van der Waals surface area contributed by atoms with Crippen LogP contribution < -0.4 is 0 Å². The van der Waals surface area contributed by atoms with E-state index in [1.807, 2.05) is 0 Å². The highest BCUT2D eigenvalue weighted by molar-refractivity contribution is 4.92. The fraction of sp³-hybridized carbons (Fsp3) is 1.00. The van der Waals surface area contributed by atoms with Crippen molar-refractivity contribution in [1.29, 1.82) is 0 Å². The van der Waals surface area contributed by atoms with Crippen molar-refractivity contribution in [3.63, 3.8) is 0 Å². The third-order valence-corrected chi connectivity index (χ3v) is 6.81. The third kappa shape index (κ3) is 4.51. The van der Waals surface area contributed by atoms with Gasteiger partial charge in [0.2, 0.25) is 0 Å². The number of hydrogen-bond acceptors (Lipinski definition) is 4. The number of hydrogen-bond donors (Lipinski definition) is 1. The van der Waals surface area contributed by atoms with Crippen molar-refractivity contribution in [3.8, 4) is 0 Å². The maximum Gasteiger partial charge on any atom is 0.0446 e. The molecule has 0 spiro atoms. The smallest absolute Gasteiger partial charge is 0.0446 e. The van der Waals surface area contributed by atoms with Crippen molar-refractivity contribution in [2.24, 2.45) is 0 Å². The number of piperazine rings is 1. The average molecular weight is 338 g/mol. The Labute approximate surface area is 149 Å². The lowest BCUT2D eigenvalue weighted by Crippen LogP contribution is -2.60. The maximum absolute atomic E-state index is 9.59. The van der Waals surface area contributed by atoms with E-state index < -0.39 is 0 Å². The minimum atomic E-state index is 0.338. The molecule has 0 radical (unpaired) electrons. The molecular formula is C20H39N3O. The van der Waals surface area contributed by atoms with Crippen LogP contribution in [0.5, 0.6) is 0 Å². The van der Waals surface area contributed by atoms with Gasteiger partial charge in [-0.25, -0.2) is 0 Å². The summed E-state index contributed by atoms with van der Waals surface area (Å²) in [7, 11) is 0. The molecule has 4 heteroatoms. The summed E-state index contributed by atoms with van der Waals surface area (Å²) in [4.78, 5) is 8.16. The highest BCUT2D eigenvalue weighted by atomic mass is 16.3. The summed E-state index contributed by atoms with van der Waals surface area (Å²) >= 11 is 0. The van der Waals surface area contributed by atoms with Crippen molar-refractivity contribution >= 4 is 0 Å². The Kier molecular flexibility index (Phi) is 6.97. The van der Waals surface area contributed by atoms with Gasteiger partial charge in [0.15, 0.2) is 0 Å². The highest BCUT2D eigenvalue weighted by Crippen LogP contribution is 2.28. The molecule has 0 amide bonds. The molecule has 3 fully saturated rings. The normalized spacial score (nSPS) is 30.2. The van der Waals surface area contributed by atoms with Crippen molar-refractivity contribution in [3.05, 3.63) is 0 Å². The quantitative estimate of drug-likeness (QED) is 0.835. The van der Waals surface area contributed by atoms with Crippen LogP contribution in [-0.2, 0) is 0 Å². The highest BCUT2D eigenvalue weighted by Gasteiger charge is 2.35. The van der Waals surface area contributed by atoms with E-state index in [0.29, 0.717) is 18.7 Å². The lowest BCUT2D eigenvalue weighted by atomic mass is 9.92. The SMILES string of the molecule is CC(C)N1CCC(N2CCN(C3CCCCC3)CC2CCO)CC1. The summed E-state index contributed by atoms with van der Waals surface area (Å²) in [5.41, 5.74) is 0. The standard InChI is InChI=1S/C20H39N3O/c1-17(2)21-11-8-19(9-12-21)23-14-13-22(16-20(23)10-15-24)18-6-4-3-5-7-18/h17-20,24H,3-16H2,1-2H3. The molecule has 1 unspecified atom stereocenters. The second-order valence-corrected chi connectivity index (χ2v) is 8.55. The second kappa shape index (κ2) is 8.98. The first-order chi connectivity index (χ1) is 11.7. The van der Waals surface area contributed by atoms with E-state index in [0.717, 1.165) is 18.5 Å². The lowest BCUT2D eigenvalue weighted by molar-refractivity contribution is -0.0157. The molecule has 0 aromatic carbocycles. The number of rotatable bonds is 5. The summed E-state index contributed by atoms with van der Waals surface area (Å²) in [6.07, 6.45) is 10.6. The molecule has 2 heterocycles. The summed E-state index contributed by atoms with van der Waals surface area (Å²) in [5, 5.41) is 9.59. The zero-order valence-electron chi connectivity index (χ0n) is 16.0. The summed E-state index contributed by atoms with van der Waals surface area (Å²) in [5.74, 6) is 0. The summed E-state index contributed by atoms with van der Waals surface area (Å²) in [6.45, 7) is 11.1. The van der Waals surface area contributed by atoms with Crippen LogP contribution in [-0.4, -0.2) is 83.3 Å². The van der Waals surface area contributed by atoms with Gasteiger partial charge in [-0.15, -0.1) is 0 Å². The van der Waals surface area contributed by atoms with E-state index in [9.17, 15) is 5.11 Å². The van der Waals surface area contributed by atoms with Gasteiger partial charge in [0.25, 0.3) is 0 Å². The van der Waals surface area contributed by atoms with Gasteiger partial charge < -0.3 is 10.0 Å². The van der Waals surface area contributed by atoms with Crippen LogP contribution in [0.3, 0.4) is 0 Å². The van der Waals surface area contributed by atoms with E-state index in [-0.39, 0.29) is 0 Å². The monoisotopic (exact) mass is 337 g/mol. The first-order valence-electron chi connectivity index (χ1n) is 10.5. The lowest BCUT2D eigenvalue weighted by Gasteiger charge is -2.50. The van der Waals surface area contributed by atoms with E-state index in [4.69, 9.17) is 0 Å². The fourth-order valence-corrected chi connectivity index (χ4v) is 5.29. The Bertz CT molecular complexity index is 362. The van der Waals surface area contributed by atoms with Gasteiger partial charge in [-0.2, -0.15) is 0 Å². The van der Waals surface area contributed by atoms with Gasteiger partial charge in [-0.3, -0.25) is 9.80 Å². The van der Waals surface area contributed by atoms with E-state index in [1.54, 1.807) is 0 Å². The zero-order chi connectivity index (χ0) is 16.9. The molecule has 1 aliphatic carbocycles. The predicted octanol–water partition coefficient (Wildman–Crippen LogP) is 2.56. The molecule has 2 saturated heterocycles. The molecule has 1 atom stereocenters. The minimum absolute atomic E-state index is 0.338. The van der Waals surface area contributed by atoms with Crippen molar-refractivity contribution in [2.45, 2.75) is 89.4 Å². The molecular weight excluding hydrogens is 298 g/mol. The van der Waals surface area contributed by atoms with E-state index in [1.165, 1.54) is 77.7 Å². The van der Waals surface area contributed by atoms with Crippen molar-refractivity contribution < 1.29 is 5.11 Å². The predicted molar refractivity (Wildman–Crippen MR) is 100 cm³/mol. The minimum Gasteiger partial charge on any atom is -0.396 e. The first-order valence-corrected chi connectivity index (χ1v) is 10.5. The van der Waals surface area contributed by atoms with Gasteiger partial charge in [0.1, 0.15) is 0 Å². The Morgan fingerprint density at radius 1 is 0.875 bits per heavy atom. The number of aliphatic hydroxyl groups is 1. The summed E-state index contributed by atoms with van der Waals surface area (Å²) < 4.78 is 0. The number of piperidine rings is 1. The van der Waals surface area contributed by atoms with Gasteiger partial charge in [0.05, 0.1) is 0 Å². The Morgan fingerprint density at radius 3 is 2.21 bits per heavy atom. The molecule has 0 aromatic heterocycles. The molecule has 24 heavy (non-hydrogen) atoms. The van der Waals surface area contributed by atoms with Gasteiger partial charge in [0, 0.05) is 50.4 Å². The molecule has 3 aliphatic rings. The maximum atomic E-state index is 9.59. The second-order valence-electron chi connectivity index (χ2n) is 8.55. The topological polar surface area (TPSA) is 30.0 Å². The molecule has 1 saturated carbocycles. The summed E-state index contributed by atoms with van der Waals surface area (Å²) in [6, 6.07) is 2.82. The van der Waals surface area contributed by atoms with Crippen molar-refractivity contribution in [2.75, 3.05) is 39.3 Å². The van der Waals surface area contributed by atoms with Crippen LogP contribution in [0.1, 0.15) is 65.2 Å². The largest absolute Gasteiger partial charge is 0.396 e. The zero-order valence-corrected chi connectivity index (χ0v) is 16.0. The van der Waals surface area contributed by atoms with Crippen LogP contribution in [0.2, 0.25) is 0 Å². The van der Waals surface area contributed by atoms with Gasteiger partial charge in [-0.1, -0.05) is 19.3 Å². The molecule has 3 rings (SSSR count). The number of aliphatic hydroxyl groups excluding tert-OH is 1. The van der Waals surface area contributed by atoms with E-state index >= 15 is 0 Å². The van der Waals surface area contributed by atoms with Crippen LogP contribution in [0.15, 0.2) is 0 Å². The van der Waals surface area contributed by atoms with Crippen molar-refractivity contribution in [1.82, 2.24) is 14.7 Å². The fourth-order valence-electron chi connectivity index (χ4n) is 5.29. The van der Waals surface area contributed by atoms with Gasteiger partial charge in [-0.05, 0) is 59.0 Å². The molecule has 140 valence electrons. The van der Waals surface area contributed by atoms with Gasteiger partial charge >= 0.3 is 0 Å². The molecule has 4 nitrogen and oxygen atoms in total. The number of likely N-dealkylation sites (tertiary alicyclic amines) is 1. The Hall–Kier alpha value is -0.160. The van der Waals surface area contributed by atoms with E-state index in [2.05, 4.69) is 28.5 Å². The van der Waals surface area contributed by atoms with Crippen LogP contribution >= 0.6 is 0 Å². The third-order valence-electron chi connectivity index (χ3n) is 6.81. The molecule has 0 aromatic rings. The molecule has 1 N–H and O–H groups in total. The molecule has 0 bridgehead atoms. The van der Waals surface area contributed by atoms with Crippen LogP contribution in [0, 0.1) is 0 Å². The van der Waals surface area contributed by atoms with Crippen LogP contribution in [0.4, 0.5) is 0 Å². The van der Waals surface area contributed by atoms with Crippen LogP contribution in [0.25, 0.3) is 0 Å². The Balaban J connectivity index is 1.56. The number of nitrogens with zero attached hydrogens (tertiary/aromatic N) is 3. The Morgan fingerprint density at radius 2 is 1.58 bits per heavy atom. The molecule has 2 aliphatic heterocycles.